The van der Waals surface area contributed by atoms with E-state index in [-0.39, 0.29) is 12.4 Å². The Balaban J connectivity index is 2.76. The van der Waals surface area contributed by atoms with Gasteiger partial charge in [-0.1, -0.05) is 11.6 Å². The molecule has 0 radical (unpaired) electrons. The minimum Gasteiger partial charge on any atom is -0.496 e. The lowest BCUT2D eigenvalue weighted by Crippen LogP contribution is -2.15. The number of ketones is 1. The van der Waals surface area contributed by atoms with Crippen LogP contribution in [-0.2, 0) is 4.74 Å². The van der Waals surface area contributed by atoms with Crippen molar-refractivity contribution >= 4 is 17.4 Å². The van der Waals surface area contributed by atoms with Gasteiger partial charge in [-0.15, -0.1) is 0 Å². The molecule has 0 heterocycles. The highest BCUT2D eigenvalue weighted by atomic mass is 35.5. The van der Waals surface area contributed by atoms with E-state index < -0.39 is 0 Å². The standard InChI is InChI=1S/C11H14ClNO3/c1-15-11-3-2-8(12)6-9(11)10(14)7-16-5-4-13/h2-3,6H,4-5,7,13H2,1H3. The van der Waals surface area contributed by atoms with E-state index in [1.807, 2.05) is 0 Å². The van der Waals surface area contributed by atoms with Crippen molar-refractivity contribution in [2.75, 3.05) is 26.9 Å². The minimum atomic E-state index is -0.173. The fourth-order valence-electron chi connectivity index (χ4n) is 1.22. The molecule has 0 aliphatic heterocycles. The number of rotatable bonds is 6. The van der Waals surface area contributed by atoms with Gasteiger partial charge in [-0.05, 0) is 18.2 Å². The summed E-state index contributed by atoms with van der Waals surface area (Å²) in [5, 5.41) is 0.489. The molecule has 0 saturated carbocycles. The van der Waals surface area contributed by atoms with Crippen molar-refractivity contribution < 1.29 is 14.3 Å². The Labute approximate surface area is 99.3 Å². The molecule has 1 aromatic rings. The molecule has 0 aromatic heterocycles. The monoisotopic (exact) mass is 243 g/mol. The number of ether oxygens (including phenoxy) is 2. The molecule has 0 aliphatic carbocycles. The molecule has 0 aliphatic rings. The lowest BCUT2D eigenvalue weighted by molar-refractivity contribution is 0.0771. The van der Waals surface area contributed by atoms with Gasteiger partial charge in [0.15, 0.2) is 5.78 Å². The van der Waals surface area contributed by atoms with Gasteiger partial charge in [0, 0.05) is 11.6 Å². The van der Waals surface area contributed by atoms with E-state index >= 15 is 0 Å². The summed E-state index contributed by atoms with van der Waals surface area (Å²) in [4.78, 5) is 11.7. The average Bonchev–Trinajstić information content (AvgIpc) is 2.29. The summed E-state index contributed by atoms with van der Waals surface area (Å²) in [6.45, 7) is 0.725. The number of Topliss-reactive ketones (excluding diaryl/α,β-unsaturated/α-hetero) is 1. The molecule has 4 nitrogen and oxygen atoms in total. The number of halogens is 1. The molecule has 0 amide bonds. The van der Waals surface area contributed by atoms with Gasteiger partial charge in [0.05, 0.1) is 19.3 Å². The molecular formula is C11H14ClNO3. The van der Waals surface area contributed by atoms with E-state index in [0.717, 1.165) is 0 Å². The number of methoxy groups -OCH3 is 1. The lowest BCUT2D eigenvalue weighted by Gasteiger charge is -2.08. The number of benzene rings is 1. The average molecular weight is 244 g/mol. The van der Waals surface area contributed by atoms with Crippen molar-refractivity contribution in [3.63, 3.8) is 0 Å². The molecule has 5 heteroatoms. The second-order valence-electron chi connectivity index (χ2n) is 3.11. The fraction of sp³-hybridized carbons (Fsp3) is 0.364. The predicted molar refractivity (Wildman–Crippen MR) is 62.2 cm³/mol. The number of hydrogen-bond donors (Lipinski definition) is 1. The van der Waals surface area contributed by atoms with E-state index in [4.69, 9.17) is 26.8 Å². The van der Waals surface area contributed by atoms with Crippen LogP contribution in [0.3, 0.4) is 0 Å². The van der Waals surface area contributed by atoms with Crippen LogP contribution in [-0.4, -0.2) is 32.7 Å². The maximum absolute atomic E-state index is 11.7. The zero-order valence-electron chi connectivity index (χ0n) is 9.03. The van der Waals surface area contributed by atoms with Crippen LogP contribution < -0.4 is 10.5 Å². The van der Waals surface area contributed by atoms with E-state index in [0.29, 0.717) is 29.5 Å². The van der Waals surface area contributed by atoms with Crippen LogP contribution in [0, 0.1) is 0 Å². The first-order valence-corrected chi connectivity index (χ1v) is 5.21. The minimum absolute atomic E-state index is 0.0199. The second-order valence-corrected chi connectivity index (χ2v) is 3.55. The molecule has 16 heavy (non-hydrogen) atoms. The summed E-state index contributed by atoms with van der Waals surface area (Å²) in [7, 11) is 1.50. The van der Waals surface area contributed by atoms with Crippen LogP contribution in [0.25, 0.3) is 0 Å². The van der Waals surface area contributed by atoms with Crippen LogP contribution >= 0.6 is 11.6 Å². The molecule has 88 valence electrons. The zero-order valence-corrected chi connectivity index (χ0v) is 9.79. The number of nitrogens with two attached hydrogens (primary N) is 1. The van der Waals surface area contributed by atoms with Gasteiger partial charge in [-0.3, -0.25) is 4.79 Å². The third-order valence-corrected chi connectivity index (χ3v) is 2.19. The third kappa shape index (κ3) is 3.48. The van der Waals surface area contributed by atoms with Crippen LogP contribution in [0.15, 0.2) is 18.2 Å². The topological polar surface area (TPSA) is 61.5 Å². The number of carbonyl (C=O) groups is 1. The molecule has 0 spiro atoms. The van der Waals surface area contributed by atoms with Gasteiger partial charge < -0.3 is 15.2 Å². The van der Waals surface area contributed by atoms with E-state index in [9.17, 15) is 4.79 Å². The Kier molecular flexibility index (Phi) is 5.25. The van der Waals surface area contributed by atoms with E-state index in [2.05, 4.69) is 0 Å². The maximum Gasteiger partial charge on any atom is 0.192 e. The summed E-state index contributed by atoms with van der Waals surface area (Å²) in [5.74, 6) is 0.318. The van der Waals surface area contributed by atoms with Crippen LogP contribution in [0.1, 0.15) is 10.4 Å². The Morgan fingerprint density at radius 3 is 2.88 bits per heavy atom. The highest BCUT2D eigenvalue weighted by Crippen LogP contribution is 2.22. The third-order valence-electron chi connectivity index (χ3n) is 1.96. The smallest absolute Gasteiger partial charge is 0.192 e. The Bertz CT molecular complexity index is 368. The summed E-state index contributed by atoms with van der Waals surface area (Å²) < 4.78 is 10.1. The summed E-state index contributed by atoms with van der Waals surface area (Å²) in [5.41, 5.74) is 5.67. The molecule has 0 unspecified atom stereocenters. The van der Waals surface area contributed by atoms with Gasteiger partial charge in [0.1, 0.15) is 12.4 Å². The zero-order chi connectivity index (χ0) is 12.0. The van der Waals surface area contributed by atoms with Gasteiger partial charge >= 0.3 is 0 Å². The molecule has 0 fully saturated rings. The molecule has 0 atom stereocenters. The van der Waals surface area contributed by atoms with Crippen LogP contribution in [0.4, 0.5) is 0 Å². The summed E-state index contributed by atoms with van der Waals surface area (Å²) in [6, 6.07) is 4.88. The largest absolute Gasteiger partial charge is 0.496 e. The summed E-state index contributed by atoms with van der Waals surface area (Å²) in [6.07, 6.45) is 0. The molecular weight excluding hydrogens is 230 g/mol. The van der Waals surface area contributed by atoms with Gasteiger partial charge in [-0.25, -0.2) is 0 Å². The Morgan fingerprint density at radius 1 is 1.50 bits per heavy atom. The van der Waals surface area contributed by atoms with Crippen molar-refractivity contribution in [1.29, 1.82) is 0 Å². The highest BCUT2D eigenvalue weighted by molar-refractivity contribution is 6.31. The first-order valence-electron chi connectivity index (χ1n) is 4.83. The first kappa shape index (κ1) is 13.0. The molecule has 0 saturated heterocycles. The van der Waals surface area contributed by atoms with E-state index in [1.165, 1.54) is 7.11 Å². The van der Waals surface area contributed by atoms with Crippen molar-refractivity contribution in [2.24, 2.45) is 5.73 Å². The highest BCUT2D eigenvalue weighted by Gasteiger charge is 2.12. The SMILES string of the molecule is COc1ccc(Cl)cc1C(=O)COCCN. The summed E-state index contributed by atoms with van der Waals surface area (Å²) >= 11 is 5.81. The van der Waals surface area contributed by atoms with Crippen molar-refractivity contribution in [1.82, 2.24) is 0 Å². The maximum atomic E-state index is 11.7. The molecule has 1 aromatic carbocycles. The first-order chi connectivity index (χ1) is 7.69. The van der Waals surface area contributed by atoms with Crippen molar-refractivity contribution in [3.05, 3.63) is 28.8 Å². The predicted octanol–water partition coefficient (Wildman–Crippen LogP) is 1.51. The van der Waals surface area contributed by atoms with Crippen molar-refractivity contribution in [3.8, 4) is 5.75 Å². The van der Waals surface area contributed by atoms with Gasteiger partial charge in [0.25, 0.3) is 0 Å². The lowest BCUT2D eigenvalue weighted by atomic mass is 10.1. The Morgan fingerprint density at radius 2 is 2.25 bits per heavy atom. The molecule has 0 bridgehead atoms. The normalized spacial score (nSPS) is 10.2. The van der Waals surface area contributed by atoms with Gasteiger partial charge in [0.2, 0.25) is 0 Å². The number of carbonyl (C=O) groups excluding carboxylic acids is 1. The van der Waals surface area contributed by atoms with Crippen LogP contribution in [0.2, 0.25) is 5.02 Å². The Hall–Kier alpha value is -1.10. The van der Waals surface area contributed by atoms with Crippen molar-refractivity contribution in [2.45, 2.75) is 0 Å². The van der Waals surface area contributed by atoms with Crippen LogP contribution in [0.5, 0.6) is 5.75 Å². The molecule has 1 rings (SSSR count). The number of hydrogen-bond acceptors (Lipinski definition) is 4. The van der Waals surface area contributed by atoms with Gasteiger partial charge in [-0.2, -0.15) is 0 Å². The second kappa shape index (κ2) is 6.48. The molecule has 2 N–H and O–H groups in total. The fourth-order valence-corrected chi connectivity index (χ4v) is 1.40. The quantitative estimate of drug-likeness (QED) is 0.608. The van der Waals surface area contributed by atoms with E-state index in [1.54, 1.807) is 18.2 Å².